The minimum Gasteiger partial charge on any atom is -0.306 e. The summed E-state index contributed by atoms with van der Waals surface area (Å²) < 4.78 is 23.5. The molecule has 6 heteroatoms. The topological polar surface area (TPSA) is 75.4 Å². The quantitative estimate of drug-likeness (QED) is 0.765. The third-order valence-electron chi connectivity index (χ3n) is 2.69. The first-order valence-corrected chi connectivity index (χ1v) is 7.48. The first-order valence-electron chi connectivity index (χ1n) is 5.93. The summed E-state index contributed by atoms with van der Waals surface area (Å²) in [5.74, 6) is 0.639. The van der Waals surface area contributed by atoms with E-state index in [0.29, 0.717) is 12.5 Å². The van der Waals surface area contributed by atoms with Gasteiger partial charge in [0.2, 0.25) is 0 Å². The summed E-state index contributed by atoms with van der Waals surface area (Å²) in [6.45, 7) is 6.69. The summed E-state index contributed by atoms with van der Waals surface area (Å²) in [4.78, 5) is 2.30. The number of nitrogens with zero attached hydrogens (tertiary/aromatic N) is 1. The molecule has 0 bridgehead atoms. The van der Waals surface area contributed by atoms with Crippen molar-refractivity contribution in [3.05, 3.63) is 0 Å². The minimum atomic E-state index is -3.50. The Hall–Kier alpha value is -0.170. The third-order valence-corrected chi connectivity index (χ3v) is 3.30. The Labute approximate surface area is 99.6 Å². The fourth-order valence-corrected chi connectivity index (χ4v) is 2.16. The number of hydrogen-bond acceptors (Lipinski definition) is 3. The predicted molar refractivity (Wildman–Crippen MR) is 67.3 cm³/mol. The number of piperidine rings is 1. The molecule has 3 N–H and O–H groups in total. The lowest BCUT2D eigenvalue weighted by Gasteiger charge is -2.28. The number of likely N-dealkylation sites (tertiary alicyclic amines) is 1. The second kappa shape index (κ2) is 8.00. The van der Waals surface area contributed by atoms with Gasteiger partial charge in [-0.2, -0.15) is 8.42 Å². The van der Waals surface area contributed by atoms with Gasteiger partial charge in [0, 0.05) is 6.54 Å². The van der Waals surface area contributed by atoms with Crippen molar-refractivity contribution >= 4 is 10.2 Å². The summed E-state index contributed by atoms with van der Waals surface area (Å²) in [5.41, 5.74) is 0. The molecule has 1 rings (SSSR count). The highest BCUT2D eigenvalue weighted by molar-refractivity contribution is 7.87. The first kappa shape index (κ1) is 15.8. The maximum absolute atomic E-state index is 10.6. The van der Waals surface area contributed by atoms with Gasteiger partial charge in [-0.05, 0) is 45.3 Å². The zero-order valence-electron chi connectivity index (χ0n) is 10.6. The van der Waals surface area contributed by atoms with Crippen LogP contribution in [-0.2, 0) is 10.2 Å². The summed E-state index contributed by atoms with van der Waals surface area (Å²) in [5, 5.41) is 4.83. The Morgan fingerprint density at radius 2 is 1.81 bits per heavy atom. The Morgan fingerprint density at radius 3 is 2.25 bits per heavy atom. The monoisotopic (exact) mass is 251 g/mol. The Bertz CT molecular complexity index is 259. The van der Waals surface area contributed by atoms with E-state index in [-0.39, 0.29) is 0 Å². The summed E-state index contributed by atoms with van der Waals surface area (Å²) >= 11 is 0. The van der Waals surface area contributed by atoms with E-state index in [1.807, 2.05) is 13.8 Å². The van der Waals surface area contributed by atoms with Gasteiger partial charge in [0.25, 0.3) is 10.2 Å². The molecule has 1 fully saturated rings. The van der Waals surface area contributed by atoms with Crippen molar-refractivity contribution in [2.24, 2.45) is 11.1 Å². The molecule has 16 heavy (non-hydrogen) atoms. The summed E-state index contributed by atoms with van der Waals surface area (Å²) in [6, 6.07) is 0. The van der Waals surface area contributed by atoms with Crippen LogP contribution in [0, 0.1) is 5.92 Å². The van der Waals surface area contributed by atoms with Crippen LogP contribution in [0.1, 0.15) is 33.1 Å². The van der Waals surface area contributed by atoms with E-state index in [1.54, 1.807) is 0 Å². The highest BCUT2D eigenvalue weighted by Gasteiger charge is 2.16. The molecule has 0 atom stereocenters. The SMILES string of the molecule is CC.CN1CCC(CCNS(N)(=O)=O)CC1. The van der Waals surface area contributed by atoms with Crippen molar-refractivity contribution in [1.29, 1.82) is 0 Å². The van der Waals surface area contributed by atoms with Crippen LogP contribution in [0.2, 0.25) is 0 Å². The fourth-order valence-electron chi connectivity index (χ4n) is 1.76. The lowest BCUT2D eigenvalue weighted by atomic mass is 9.94. The Kier molecular flexibility index (Phi) is 7.91. The molecule has 0 saturated carbocycles. The smallest absolute Gasteiger partial charge is 0.274 e. The molecule has 0 spiro atoms. The molecular weight excluding hydrogens is 226 g/mol. The van der Waals surface area contributed by atoms with Crippen molar-refractivity contribution < 1.29 is 8.42 Å². The van der Waals surface area contributed by atoms with Gasteiger partial charge < -0.3 is 4.90 Å². The van der Waals surface area contributed by atoms with Crippen molar-refractivity contribution in [3.63, 3.8) is 0 Å². The standard InChI is InChI=1S/C8H19N3O2S.C2H6/c1-11-6-3-8(4-7-11)2-5-10-14(9,12)13;1-2/h8,10H,2-7H2,1H3,(H2,9,12,13);1-2H3. The van der Waals surface area contributed by atoms with E-state index in [2.05, 4.69) is 16.7 Å². The van der Waals surface area contributed by atoms with Crippen LogP contribution >= 0.6 is 0 Å². The van der Waals surface area contributed by atoms with Crippen molar-refractivity contribution in [2.75, 3.05) is 26.7 Å². The molecule has 5 nitrogen and oxygen atoms in total. The molecule has 0 unspecified atom stereocenters. The van der Waals surface area contributed by atoms with E-state index in [0.717, 1.165) is 32.4 Å². The van der Waals surface area contributed by atoms with Gasteiger partial charge in [0.1, 0.15) is 0 Å². The van der Waals surface area contributed by atoms with Gasteiger partial charge in [-0.25, -0.2) is 9.86 Å². The number of rotatable bonds is 4. The van der Waals surface area contributed by atoms with Crippen LogP contribution < -0.4 is 9.86 Å². The maximum Gasteiger partial charge on any atom is 0.274 e. The van der Waals surface area contributed by atoms with Gasteiger partial charge in [0.05, 0.1) is 0 Å². The molecule has 0 aromatic rings. The summed E-state index contributed by atoms with van der Waals surface area (Å²) in [6.07, 6.45) is 3.20. The molecular formula is C10H25N3O2S. The van der Waals surface area contributed by atoms with Crippen molar-refractivity contribution in [1.82, 2.24) is 9.62 Å². The van der Waals surface area contributed by atoms with Crippen LogP contribution in [-0.4, -0.2) is 40.0 Å². The molecule has 1 saturated heterocycles. The van der Waals surface area contributed by atoms with Gasteiger partial charge in [-0.15, -0.1) is 0 Å². The zero-order valence-corrected chi connectivity index (χ0v) is 11.4. The second-order valence-electron chi connectivity index (χ2n) is 3.97. The van der Waals surface area contributed by atoms with Gasteiger partial charge in [0.15, 0.2) is 0 Å². The van der Waals surface area contributed by atoms with E-state index in [9.17, 15) is 8.42 Å². The number of nitrogens with two attached hydrogens (primary N) is 1. The van der Waals surface area contributed by atoms with Crippen molar-refractivity contribution in [2.45, 2.75) is 33.1 Å². The molecule has 0 aromatic carbocycles. The predicted octanol–water partition coefficient (Wildman–Crippen LogP) is 0.538. The molecule has 1 aliphatic rings. The van der Waals surface area contributed by atoms with E-state index < -0.39 is 10.2 Å². The van der Waals surface area contributed by atoms with E-state index in [1.165, 1.54) is 0 Å². The zero-order chi connectivity index (χ0) is 12.6. The van der Waals surface area contributed by atoms with Crippen molar-refractivity contribution in [3.8, 4) is 0 Å². The van der Waals surface area contributed by atoms with Gasteiger partial charge in [-0.1, -0.05) is 13.8 Å². The highest BCUT2D eigenvalue weighted by Crippen LogP contribution is 2.18. The van der Waals surface area contributed by atoms with Crippen LogP contribution in [0.25, 0.3) is 0 Å². The maximum atomic E-state index is 10.6. The minimum absolute atomic E-state index is 0.465. The van der Waals surface area contributed by atoms with Crippen LogP contribution in [0.4, 0.5) is 0 Å². The van der Waals surface area contributed by atoms with E-state index >= 15 is 0 Å². The van der Waals surface area contributed by atoms with Crippen LogP contribution in [0.5, 0.6) is 0 Å². The fraction of sp³-hybridized carbons (Fsp3) is 1.00. The molecule has 0 aliphatic carbocycles. The lowest BCUT2D eigenvalue weighted by Crippen LogP contribution is -2.35. The summed E-state index contributed by atoms with van der Waals surface area (Å²) in [7, 11) is -1.39. The largest absolute Gasteiger partial charge is 0.306 e. The average molecular weight is 251 g/mol. The van der Waals surface area contributed by atoms with Crippen LogP contribution in [0.15, 0.2) is 0 Å². The Morgan fingerprint density at radius 1 is 1.31 bits per heavy atom. The second-order valence-corrected chi connectivity index (χ2v) is 5.35. The average Bonchev–Trinajstić information content (AvgIpc) is 2.22. The molecule has 1 aliphatic heterocycles. The third kappa shape index (κ3) is 8.04. The van der Waals surface area contributed by atoms with Crippen LogP contribution in [0.3, 0.4) is 0 Å². The van der Waals surface area contributed by atoms with Gasteiger partial charge in [-0.3, -0.25) is 0 Å². The number of hydrogen-bond donors (Lipinski definition) is 2. The molecule has 1 heterocycles. The molecule has 0 aromatic heterocycles. The number of nitrogens with one attached hydrogen (secondary N) is 1. The van der Waals surface area contributed by atoms with E-state index in [4.69, 9.17) is 5.14 Å². The molecule has 0 radical (unpaired) electrons. The lowest BCUT2D eigenvalue weighted by molar-refractivity contribution is 0.213. The Balaban J connectivity index is 0.00000106. The highest BCUT2D eigenvalue weighted by atomic mass is 32.2. The molecule has 98 valence electrons. The normalized spacial score (nSPS) is 19.0. The molecule has 0 amide bonds. The first-order chi connectivity index (χ1) is 7.47. The van der Waals surface area contributed by atoms with Gasteiger partial charge >= 0.3 is 0 Å².